The van der Waals surface area contributed by atoms with Gasteiger partial charge in [0.25, 0.3) is 0 Å². The molecule has 0 unspecified atom stereocenters. The Hall–Kier alpha value is -1.57. The first-order chi connectivity index (χ1) is 12.9. The zero-order valence-electron chi connectivity index (χ0n) is 15.8. The molecule has 1 aliphatic heterocycles. The second kappa shape index (κ2) is 5.72. The lowest BCUT2D eigenvalue weighted by Crippen LogP contribution is -2.49. The molecule has 2 bridgehead atoms. The van der Waals surface area contributed by atoms with Crippen LogP contribution in [0.1, 0.15) is 44.0 Å². The van der Waals surface area contributed by atoms with E-state index in [1.807, 2.05) is 24.3 Å². The number of fused-ring (bicyclic) bond motifs is 6. The van der Waals surface area contributed by atoms with Crippen molar-refractivity contribution in [2.45, 2.75) is 38.0 Å². The normalized spacial score (nSPS) is 29.9. The molecule has 6 nitrogen and oxygen atoms in total. The van der Waals surface area contributed by atoms with Crippen LogP contribution in [0.15, 0.2) is 24.3 Å². The molecule has 0 radical (unpaired) electrons. The maximum absolute atomic E-state index is 13.3. The average Bonchev–Trinajstić information content (AvgIpc) is 3.00. The van der Waals surface area contributed by atoms with Crippen LogP contribution in [0.2, 0.25) is 0 Å². The van der Waals surface area contributed by atoms with E-state index in [-0.39, 0.29) is 17.1 Å². The highest BCUT2D eigenvalue weighted by Crippen LogP contribution is 2.67. The second-order valence-electron chi connectivity index (χ2n) is 8.61. The summed E-state index contributed by atoms with van der Waals surface area (Å²) < 4.78 is 33.6. The molecule has 2 aromatic rings. The van der Waals surface area contributed by atoms with Gasteiger partial charge in [0.1, 0.15) is 0 Å². The minimum Gasteiger partial charge on any atom is -0.379 e. The fourth-order valence-corrected chi connectivity index (χ4v) is 7.64. The van der Waals surface area contributed by atoms with Crippen molar-refractivity contribution in [3.63, 3.8) is 0 Å². The Morgan fingerprint density at radius 3 is 2.52 bits per heavy atom. The highest BCUT2D eigenvalue weighted by atomic mass is 32.2. The SMILES string of the molecule is CC1(C)[C@H]2CC[C@]1(CS(=O)(=O)N1CCOCC1)c1nc3ccccc3nc12. The molecule has 144 valence electrons. The number of rotatable bonds is 3. The lowest BCUT2D eigenvalue weighted by atomic mass is 9.70. The van der Waals surface area contributed by atoms with Gasteiger partial charge in [-0.3, -0.25) is 0 Å². The number of sulfonamides is 1. The van der Waals surface area contributed by atoms with Gasteiger partial charge in [-0.2, -0.15) is 4.31 Å². The molecule has 2 heterocycles. The first-order valence-electron chi connectivity index (χ1n) is 9.68. The van der Waals surface area contributed by atoms with Gasteiger partial charge in [0.2, 0.25) is 10.0 Å². The number of benzene rings is 1. The van der Waals surface area contributed by atoms with Crippen molar-refractivity contribution in [2.24, 2.45) is 5.41 Å². The smallest absolute Gasteiger partial charge is 0.215 e. The number of ether oxygens (including phenoxy) is 1. The summed E-state index contributed by atoms with van der Waals surface area (Å²) in [5, 5.41) is 0. The van der Waals surface area contributed by atoms with E-state index in [1.54, 1.807) is 4.31 Å². The summed E-state index contributed by atoms with van der Waals surface area (Å²) in [5.74, 6) is 0.383. The fourth-order valence-electron chi connectivity index (χ4n) is 5.47. The Morgan fingerprint density at radius 2 is 1.81 bits per heavy atom. The van der Waals surface area contributed by atoms with Crippen molar-refractivity contribution >= 4 is 21.1 Å². The predicted molar refractivity (Wildman–Crippen MR) is 103 cm³/mol. The van der Waals surface area contributed by atoms with Crippen molar-refractivity contribution in [3.05, 3.63) is 35.7 Å². The second-order valence-corrected chi connectivity index (χ2v) is 10.6. The first kappa shape index (κ1) is 17.5. The van der Waals surface area contributed by atoms with E-state index in [4.69, 9.17) is 14.7 Å². The van der Waals surface area contributed by atoms with Gasteiger partial charge < -0.3 is 4.74 Å². The van der Waals surface area contributed by atoms with E-state index in [2.05, 4.69) is 13.8 Å². The van der Waals surface area contributed by atoms with E-state index in [0.29, 0.717) is 26.3 Å². The van der Waals surface area contributed by atoms with Crippen molar-refractivity contribution in [3.8, 4) is 0 Å². The van der Waals surface area contributed by atoms with Gasteiger partial charge in [0, 0.05) is 24.4 Å². The van der Waals surface area contributed by atoms with Crippen molar-refractivity contribution < 1.29 is 13.2 Å². The molecule has 1 saturated heterocycles. The molecule has 2 aliphatic carbocycles. The molecule has 1 aromatic heterocycles. The molecule has 5 rings (SSSR count). The molecule has 0 spiro atoms. The van der Waals surface area contributed by atoms with Crippen LogP contribution < -0.4 is 0 Å². The zero-order valence-corrected chi connectivity index (χ0v) is 16.6. The summed E-state index contributed by atoms with van der Waals surface area (Å²) in [6, 6.07) is 7.88. The van der Waals surface area contributed by atoms with Crippen molar-refractivity contribution in [1.29, 1.82) is 0 Å². The van der Waals surface area contributed by atoms with Gasteiger partial charge >= 0.3 is 0 Å². The summed E-state index contributed by atoms with van der Waals surface area (Å²) >= 11 is 0. The van der Waals surface area contributed by atoms with Crippen LogP contribution in [-0.2, 0) is 20.2 Å². The molecule has 0 amide bonds. The lowest BCUT2D eigenvalue weighted by Gasteiger charge is -2.39. The Morgan fingerprint density at radius 1 is 1.15 bits per heavy atom. The Balaban J connectivity index is 1.64. The molecule has 1 saturated carbocycles. The molecular weight excluding hydrogens is 362 g/mol. The minimum atomic E-state index is -3.39. The maximum Gasteiger partial charge on any atom is 0.215 e. The number of aromatic nitrogens is 2. The van der Waals surface area contributed by atoms with Crippen LogP contribution in [-0.4, -0.2) is 54.7 Å². The molecule has 0 N–H and O–H groups in total. The van der Waals surface area contributed by atoms with Gasteiger partial charge in [-0.1, -0.05) is 26.0 Å². The van der Waals surface area contributed by atoms with Crippen LogP contribution in [0.25, 0.3) is 11.0 Å². The summed E-state index contributed by atoms with van der Waals surface area (Å²) in [6.45, 7) is 6.23. The monoisotopic (exact) mass is 387 g/mol. The molecule has 3 aliphatic rings. The van der Waals surface area contributed by atoms with Gasteiger partial charge in [-0.15, -0.1) is 0 Å². The van der Waals surface area contributed by atoms with Crippen molar-refractivity contribution in [1.82, 2.24) is 14.3 Å². The summed E-state index contributed by atoms with van der Waals surface area (Å²) in [7, 11) is -3.39. The Kier molecular flexibility index (Phi) is 3.71. The Labute approximate surface area is 160 Å². The third-order valence-corrected chi connectivity index (χ3v) is 9.15. The molecule has 7 heteroatoms. The standard InChI is InChI=1S/C20H25N3O3S/c1-19(2)14-7-8-20(19,13-27(24,25)23-9-11-26-12-10-23)18-17(14)21-15-5-3-4-6-16(15)22-18/h3-6,14H,7-13H2,1-2H3/t14-,20-/m0/s1. The van der Waals surface area contributed by atoms with E-state index in [0.717, 1.165) is 35.3 Å². The van der Waals surface area contributed by atoms with Gasteiger partial charge in [0.05, 0.1) is 41.4 Å². The van der Waals surface area contributed by atoms with E-state index >= 15 is 0 Å². The largest absolute Gasteiger partial charge is 0.379 e. The maximum atomic E-state index is 13.3. The quantitative estimate of drug-likeness (QED) is 0.809. The number of morpholine rings is 1. The third kappa shape index (κ3) is 2.34. The van der Waals surface area contributed by atoms with E-state index < -0.39 is 15.4 Å². The number of hydrogen-bond donors (Lipinski definition) is 0. The highest BCUT2D eigenvalue weighted by molar-refractivity contribution is 7.89. The van der Waals surface area contributed by atoms with E-state index in [1.165, 1.54) is 0 Å². The lowest BCUT2D eigenvalue weighted by molar-refractivity contribution is 0.0724. The van der Waals surface area contributed by atoms with Gasteiger partial charge in [-0.25, -0.2) is 18.4 Å². The summed E-state index contributed by atoms with van der Waals surface area (Å²) in [6.07, 6.45) is 1.83. The van der Waals surface area contributed by atoms with Gasteiger partial charge in [0.15, 0.2) is 0 Å². The molecule has 1 aromatic carbocycles. The van der Waals surface area contributed by atoms with Gasteiger partial charge in [-0.05, 0) is 30.4 Å². The van der Waals surface area contributed by atoms with Crippen LogP contribution in [0.4, 0.5) is 0 Å². The van der Waals surface area contributed by atoms with Crippen LogP contribution in [0.5, 0.6) is 0 Å². The predicted octanol–water partition coefficient (Wildman–Crippen LogP) is 2.45. The van der Waals surface area contributed by atoms with E-state index in [9.17, 15) is 8.42 Å². The van der Waals surface area contributed by atoms with Crippen LogP contribution in [0.3, 0.4) is 0 Å². The topological polar surface area (TPSA) is 72.4 Å². The number of para-hydroxylation sites is 2. The molecule has 27 heavy (non-hydrogen) atoms. The minimum absolute atomic E-state index is 0.115. The first-order valence-corrected chi connectivity index (χ1v) is 11.3. The zero-order chi connectivity index (χ0) is 18.9. The average molecular weight is 388 g/mol. The molecule has 2 atom stereocenters. The van der Waals surface area contributed by atoms with Crippen LogP contribution >= 0.6 is 0 Å². The third-order valence-electron chi connectivity index (χ3n) is 7.14. The number of nitrogens with zero attached hydrogens (tertiary/aromatic N) is 3. The molecule has 2 fully saturated rings. The summed E-state index contributed by atoms with van der Waals surface area (Å²) in [4.78, 5) is 9.90. The molecular formula is C20H25N3O3S. The fraction of sp³-hybridized carbons (Fsp3) is 0.600. The van der Waals surface area contributed by atoms with Crippen LogP contribution in [0, 0.1) is 5.41 Å². The van der Waals surface area contributed by atoms with Crippen molar-refractivity contribution in [2.75, 3.05) is 32.1 Å². The summed E-state index contributed by atoms with van der Waals surface area (Å²) in [5.41, 5.74) is 3.03. The Bertz CT molecular complexity index is 1010. The number of hydrogen-bond acceptors (Lipinski definition) is 5. The highest BCUT2D eigenvalue weighted by Gasteiger charge is 2.65.